The van der Waals surface area contributed by atoms with Gasteiger partial charge in [-0.05, 0) is 32.2 Å². The summed E-state index contributed by atoms with van der Waals surface area (Å²) in [6.07, 6.45) is 8.85. The second-order valence-corrected chi connectivity index (χ2v) is 7.15. The molecular weight excluding hydrogens is 292 g/mol. The highest BCUT2D eigenvalue weighted by Gasteiger charge is 2.27. The molecule has 6 nitrogen and oxygen atoms in total. The molecule has 1 saturated carbocycles. The van der Waals surface area contributed by atoms with Crippen LogP contribution in [0.1, 0.15) is 51.4 Å². The number of hydrogen-bond donors (Lipinski definition) is 2. The quantitative estimate of drug-likeness (QED) is 0.823. The van der Waals surface area contributed by atoms with Crippen LogP contribution in [0.5, 0.6) is 0 Å². The van der Waals surface area contributed by atoms with Gasteiger partial charge in [-0.2, -0.15) is 0 Å². The largest absolute Gasteiger partial charge is 0.339 e. The van der Waals surface area contributed by atoms with E-state index in [1.54, 1.807) is 0 Å². The lowest BCUT2D eigenvalue weighted by Crippen LogP contribution is -2.55. The lowest BCUT2D eigenvalue weighted by molar-refractivity contribution is -0.133. The Morgan fingerprint density at radius 2 is 1.61 bits per heavy atom. The van der Waals surface area contributed by atoms with Gasteiger partial charge in [0.1, 0.15) is 0 Å². The lowest BCUT2D eigenvalue weighted by atomic mass is 9.96. The van der Waals surface area contributed by atoms with Crippen LogP contribution in [0.3, 0.4) is 0 Å². The number of nitrogens with one attached hydrogen (secondary N) is 2. The van der Waals surface area contributed by atoms with Gasteiger partial charge in [-0.15, -0.1) is 0 Å². The lowest BCUT2D eigenvalue weighted by Gasteiger charge is -2.36. The van der Waals surface area contributed by atoms with E-state index in [1.165, 1.54) is 25.7 Å². The molecular formula is C17H30N4O2. The van der Waals surface area contributed by atoms with Crippen LogP contribution in [0.25, 0.3) is 0 Å². The number of nitrogens with zero attached hydrogens (tertiary/aromatic N) is 2. The summed E-state index contributed by atoms with van der Waals surface area (Å²) in [5.74, 6) is 0.233. The highest BCUT2D eigenvalue weighted by Crippen LogP contribution is 2.18. The van der Waals surface area contributed by atoms with E-state index in [0.717, 1.165) is 25.8 Å². The maximum atomic E-state index is 12.3. The van der Waals surface area contributed by atoms with E-state index < -0.39 is 0 Å². The fourth-order valence-corrected chi connectivity index (χ4v) is 3.94. The van der Waals surface area contributed by atoms with Gasteiger partial charge in [-0.1, -0.05) is 19.3 Å². The van der Waals surface area contributed by atoms with Gasteiger partial charge in [0.05, 0.1) is 0 Å². The monoisotopic (exact) mass is 322 g/mol. The minimum Gasteiger partial charge on any atom is -0.339 e. The molecule has 0 aromatic heterocycles. The standard InChI is InChI=1S/C17H30N4O2/c22-16(13-15-7-4-8-18-15)20-9-11-21(12-10-20)17(23)19-14-5-2-1-3-6-14/h14-15,18H,1-13H2,(H,19,23). The van der Waals surface area contributed by atoms with Crippen molar-refractivity contribution < 1.29 is 9.59 Å². The molecule has 1 atom stereocenters. The number of carbonyl (C=O) groups excluding carboxylic acids is 2. The Balaban J connectivity index is 1.38. The van der Waals surface area contributed by atoms with Gasteiger partial charge >= 0.3 is 6.03 Å². The third kappa shape index (κ3) is 4.59. The Morgan fingerprint density at radius 1 is 0.913 bits per heavy atom. The van der Waals surface area contributed by atoms with Gasteiger partial charge in [0.2, 0.25) is 5.91 Å². The van der Waals surface area contributed by atoms with Crippen molar-refractivity contribution in [3.05, 3.63) is 0 Å². The minimum atomic E-state index is 0.0569. The zero-order valence-electron chi connectivity index (χ0n) is 14.1. The second kappa shape index (κ2) is 7.99. The smallest absolute Gasteiger partial charge is 0.317 e. The maximum absolute atomic E-state index is 12.3. The predicted molar refractivity (Wildman–Crippen MR) is 89.2 cm³/mol. The van der Waals surface area contributed by atoms with Crippen LogP contribution in [0.15, 0.2) is 0 Å². The first-order chi connectivity index (χ1) is 11.2. The normalized spacial score (nSPS) is 26.3. The van der Waals surface area contributed by atoms with Crippen molar-refractivity contribution in [3.8, 4) is 0 Å². The summed E-state index contributed by atoms with van der Waals surface area (Å²) >= 11 is 0. The van der Waals surface area contributed by atoms with E-state index in [1.807, 2.05) is 9.80 Å². The van der Waals surface area contributed by atoms with Crippen LogP contribution in [-0.2, 0) is 4.79 Å². The summed E-state index contributed by atoms with van der Waals surface area (Å²) in [5, 5.41) is 6.54. The van der Waals surface area contributed by atoms with Crippen LogP contribution in [-0.4, -0.2) is 66.5 Å². The van der Waals surface area contributed by atoms with E-state index in [-0.39, 0.29) is 11.9 Å². The van der Waals surface area contributed by atoms with Crippen molar-refractivity contribution in [2.24, 2.45) is 0 Å². The van der Waals surface area contributed by atoms with Crippen LogP contribution >= 0.6 is 0 Å². The van der Waals surface area contributed by atoms with Crippen molar-refractivity contribution in [3.63, 3.8) is 0 Å². The molecule has 0 aromatic carbocycles. The maximum Gasteiger partial charge on any atom is 0.317 e. The van der Waals surface area contributed by atoms with E-state index in [2.05, 4.69) is 10.6 Å². The minimum absolute atomic E-state index is 0.0569. The van der Waals surface area contributed by atoms with Gasteiger partial charge in [0.25, 0.3) is 0 Å². The predicted octanol–water partition coefficient (Wildman–Crippen LogP) is 1.32. The van der Waals surface area contributed by atoms with Gasteiger partial charge in [0, 0.05) is 44.7 Å². The molecule has 3 rings (SSSR count). The zero-order chi connectivity index (χ0) is 16.1. The van der Waals surface area contributed by atoms with Crippen LogP contribution in [0.4, 0.5) is 4.79 Å². The zero-order valence-corrected chi connectivity index (χ0v) is 14.1. The third-order valence-electron chi connectivity index (χ3n) is 5.44. The fraction of sp³-hybridized carbons (Fsp3) is 0.882. The molecule has 2 saturated heterocycles. The summed E-state index contributed by atoms with van der Waals surface area (Å²) in [4.78, 5) is 28.4. The Morgan fingerprint density at radius 3 is 2.26 bits per heavy atom. The number of amides is 3. The second-order valence-electron chi connectivity index (χ2n) is 7.15. The molecule has 130 valence electrons. The molecule has 1 aliphatic carbocycles. The summed E-state index contributed by atoms with van der Waals surface area (Å²) in [7, 11) is 0. The Kier molecular flexibility index (Phi) is 5.75. The molecule has 6 heteroatoms. The molecule has 0 spiro atoms. The first kappa shape index (κ1) is 16.6. The molecule has 0 bridgehead atoms. The molecule has 2 heterocycles. The summed E-state index contributed by atoms with van der Waals surface area (Å²) in [6.45, 7) is 3.69. The van der Waals surface area contributed by atoms with Gasteiger partial charge < -0.3 is 20.4 Å². The van der Waals surface area contributed by atoms with Crippen molar-refractivity contribution >= 4 is 11.9 Å². The van der Waals surface area contributed by atoms with E-state index in [0.29, 0.717) is 44.7 Å². The summed E-state index contributed by atoms with van der Waals surface area (Å²) in [5.41, 5.74) is 0. The molecule has 3 aliphatic rings. The van der Waals surface area contributed by atoms with E-state index in [9.17, 15) is 9.59 Å². The molecule has 2 aliphatic heterocycles. The topological polar surface area (TPSA) is 64.7 Å². The molecule has 3 fully saturated rings. The molecule has 0 radical (unpaired) electrons. The Labute approximate surface area is 139 Å². The molecule has 1 unspecified atom stereocenters. The van der Waals surface area contributed by atoms with Crippen LogP contribution in [0.2, 0.25) is 0 Å². The number of carbonyl (C=O) groups is 2. The summed E-state index contributed by atoms with van der Waals surface area (Å²) < 4.78 is 0. The van der Waals surface area contributed by atoms with Crippen molar-refractivity contribution in [2.45, 2.75) is 63.5 Å². The molecule has 2 N–H and O–H groups in total. The van der Waals surface area contributed by atoms with Gasteiger partial charge in [-0.3, -0.25) is 4.79 Å². The molecule has 23 heavy (non-hydrogen) atoms. The van der Waals surface area contributed by atoms with E-state index >= 15 is 0 Å². The van der Waals surface area contributed by atoms with Crippen molar-refractivity contribution in [2.75, 3.05) is 32.7 Å². The fourth-order valence-electron chi connectivity index (χ4n) is 3.94. The third-order valence-corrected chi connectivity index (χ3v) is 5.44. The number of hydrogen-bond acceptors (Lipinski definition) is 3. The number of urea groups is 1. The highest BCUT2D eigenvalue weighted by atomic mass is 16.2. The van der Waals surface area contributed by atoms with Gasteiger partial charge in [0.15, 0.2) is 0 Å². The number of rotatable bonds is 3. The molecule has 3 amide bonds. The van der Waals surface area contributed by atoms with Gasteiger partial charge in [-0.25, -0.2) is 4.79 Å². The number of piperazine rings is 1. The first-order valence-electron chi connectivity index (χ1n) is 9.29. The summed E-state index contributed by atoms with van der Waals surface area (Å²) in [6, 6.07) is 0.765. The highest BCUT2D eigenvalue weighted by molar-refractivity contribution is 5.78. The van der Waals surface area contributed by atoms with Crippen LogP contribution in [0, 0.1) is 0 Å². The first-order valence-corrected chi connectivity index (χ1v) is 9.29. The van der Waals surface area contributed by atoms with Crippen molar-refractivity contribution in [1.82, 2.24) is 20.4 Å². The van der Waals surface area contributed by atoms with Crippen LogP contribution < -0.4 is 10.6 Å². The molecule has 0 aromatic rings. The Hall–Kier alpha value is -1.30. The SMILES string of the molecule is O=C(CC1CCCN1)N1CCN(C(=O)NC2CCCCC2)CC1. The average molecular weight is 322 g/mol. The van der Waals surface area contributed by atoms with Crippen molar-refractivity contribution in [1.29, 1.82) is 0 Å². The average Bonchev–Trinajstić information content (AvgIpc) is 3.09. The Bertz CT molecular complexity index is 409. The van der Waals surface area contributed by atoms with E-state index in [4.69, 9.17) is 0 Å².